The van der Waals surface area contributed by atoms with Crippen LogP contribution in [-0.4, -0.2) is 83.1 Å². The lowest BCUT2D eigenvalue weighted by atomic mass is 10.1. The zero-order valence-corrected chi connectivity index (χ0v) is 19.6. The third-order valence-electron chi connectivity index (χ3n) is 5.72. The number of β-amino-alcohol motifs (C(OH)–C–C–N with tert-alkyl or cyclic N) is 1. The third-order valence-corrected chi connectivity index (χ3v) is 5.72. The fraction of sp³-hybridized carbons (Fsp3) is 0.391. The Kier molecular flexibility index (Phi) is 7.44. The van der Waals surface area contributed by atoms with Crippen molar-refractivity contribution in [2.75, 3.05) is 57.6 Å². The number of carbonyl (C=O) groups excluding carboxylic acids is 1. The number of morpholine rings is 1. The minimum atomic E-state index is -0.714. The number of hydrogen-bond acceptors (Lipinski definition) is 10. The average molecular weight is 485 g/mol. The summed E-state index contributed by atoms with van der Waals surface area (Å²) in [6.45, 7) is 3.32. The van der Waals surface area contributed by atoms with Gasteiger partial charge in [-0.1, -0.05) is 0 Å². The molecule has 0 saturated carbocycles. The first-order chi connectivity index (χ1) is 16.9. The second-order valence-corrected chi connectivity index (χ2v) is 8.11. The summed E-state index contributed by atoms with van der Waals surface area (Å²) in [6, 6.07) is 4.89. The smallest absolute Gasteiger partial charge is 0.259 e. The Hall–Kier alpha value is -3.74. The molecule has 12 nitrogen and oxygen atoms in total. The van der Waals surface area contributed by atoms with Crippen LogP contribution in [0.5, 0.6) is 11.5 Å². The van der Waals surface area contributed by atoms with Crippen molar-refractivity contribution in [2.45, 2.75) is 6.10 Å². The monoisotopic (exact) mass is 484 g/mol. The van der Waals surface area contributed by atoms with Crippen LogP contribution in [0.3, 0.4) is 0 Å². The molecular weight excluding hydrogens is 456 g/mol. The molecule has 1 aromatic carbocycles. The molecule has 0 unspecified atom stereocenters. The fourth-order valence-electron chi connectivity index (χ4n) is 3.84. The standard InChI is InChI=1S/C23H28N6O6/c1-28-19(27-21(31)14-10-25-23(24)26-11-14)9-17-16(22(28)32)3-4-18(20(17)33-2)35-13-15(30)12-29-5-7-34-8-6-29/h3-4,9-11,15,30H,5-8,12-13H2,1-2H3,(H,27,31)(H2,24,25,26)/t15-/m0/s1. The van der Waals surface area contributed by atoms with Gasteiger partial charge in [0.15, 0.2) is 11.5 Å². The molecule has 3 heterocycles. The van der Waals surface area contributed by atoms with Gasteiger partial charge in [0.1, 0.15) is 18.5 Å². The number of nitrogens with one attached hydrogen (secondary N) is 1. The maximum absolute atomic E-state index is 13.0. The normalized spacial score (nSPS) is 15.1. The van der Waals surface area contributed by atoms with Gasteiger partial charge in [-0.3, -0.25) is 19.1 Å². The highest BCUT2D eigenvalue weighted by atomic mass is 16.5. The first kappa shape index (κ1) is 24.4. The van der Waals surface area contributed by atoms with Crippen molar-refractivity contribution in [1.29, 1.82) is 0 Å². The molecule has 4 rings (SSSR count). The number of aliphatic hydroxyl groups is 1. The Morgan fingerprint density at radius 3 is 2.66 bits per heavy atom. The molecule has 1 amide bonds. The van der Waals surface area contributed by atoms with Crippen LogP contribution in [0.25, 0.3) is 10.8 Å². The Morgan fingerprint density at radius 1 is 1.26 bits per heavy atom. The van der Waals surface area contributed by atoms with Crippen LogP contribution in [0.2, 0.25) is 0 Å². The Balaban J connectivity index is 1.57. The van der Waals surface area contributed by atoms with Gasteiger partial charge in [0, 0.05) is 44.5 Å². The van der Waals surface area contributed by atoms with Crippen molar-refractivity contribution in [3.05, 3.63) is 46.5 Å². The minimum absolute atomic E-state index is 0.0464. The molecule has 2 aromatic heterocycles. The summed E-state index contributed by atoms with van der Waals surface area (Å²) >= 11 is 0. The summed E-state index contributed by atoms with van der Waals surface area (Å²) < 4.78 is 18.1. The van der Waals surface area contributed by atoms with E-state index in [1.54, 1.807) is 25.2 Å². The van der Waals surface area contributed by atoms with Crippen LogP contribution in [0.4, 0.5) is 11.8 Å². The van der Waals surface area contributed by atoms with E-state index in [4.69, 9.17) is 19.9 Å². The van der Waals surface area contributed by atoms with E-state index < -0.39 is 12.0 Å². The van der Waals surface area contributed by atoms with E-state index in [1.807, 2.05) is 0 Å². The lowest BCUT2D eigenvalue weighted by molar-refractivity contribution is 0.00447. The number of benzene rings is 1. The Labute approximate surface area is 201 Å². The first-order valence-corrected chi connectivity index (χ1v) is 11.1. The summed E-state index contributed by atoms with van der Waals surface area (Å²) in [4.78, 5) is 35.4. The quantitative estimate of drug-likeness (QED) is 0.405. The first-order valence-electron chi connectivity index (χ1n) is 11.1. The summed E-state index contributed by atoms with van der Waals surface area (Å²) in [5.41, 5.74) is 5.33. The molecule has 0 spiro atoms. The number of pyridine rings is 1. The molecule has 12 heteroatoms. The predicted octanol–water partition coefficient (Wildman–Crippen LogP) is 0.244. The van der Waals surface area contributed by atoms with Crippen molar-refractivity contribution in [3.8, 4) is 11.5 Å². The molecule has 1 fully saturated rings. The number of aliphatic hydroxyl groups excluding tert-OH is 1. The van der Waals surface area contributed by atoms with E-state index in [1.165, 1.54) is 24.1 Å². The van der Waals surface area contributed by atoms with Gasteiger partial charge in [-0.05, 0) is 18.2 Å². The molecule has 1 saturated heterocycles. The van der Waals surface area contributed by atoms with Crippen molar-refractivity contribution in [3.63, 3.8) is 0 Å². The second-order valence-electron chi connectivity index (χ2n) is 8.11. The van der Waals surface area contributed by atoms with Gasteiger partial charge >= 0.3 is 0 Å². The zero-order valence-electron chi connectivity index (χ0n) is 19.6. The number of anilines is 2. The van der Waals surface area contributed by atoms with Crippen molar-refractivity contribution < 1.29 is 24.1 Å². The molecule has 1 aliphatic rings. The molecule has 1 atom stereocenters. The van der Waals surface area contributed by atoms with E-state index in [0.29, 0.717) is 42.0 Å². The maximum atomic E-state index is 13.0. The molecule has 0 aliphatic carbocycles. The van der Waals surface area contributed by atoms with E-state index >= 15 is 0 Å². The van der Waals surface area contributed by atoms with Crippen LogP contribution < -0.4 is 26.1 Å². The number of carbonyl (C=O) groups is 1. The third kappa shape index (κ3) is 5.50. The summed E-state index contributed by atoms with van der Waals surface area (Å²) in [6.07, 6.45) is 1.88. The minimum Gasteiger partial charge on any atom is -0.492 e. The highest BCUT2D eigenvalue weighted by Crippen LogP contribution is 2.35. The second kappa shape index (κ2) is 10.7. The molecule has 0 radical (unpaired) electrons. The van der Waals surface area contributed by atoms with E-state index in [-0.39, 0.29) is 29.5 Å². The molecule has 1 aliphatic heterocycles. The number of rotatable bonds is 8. The molecular formula is C23H28N6O6. The molecule has 3 aromatic rings. The Morgan fingerprint density at radius 2 is 1.97 bits per heavy atom. The number of nitrogen functional groups attached to an aromatic ring is 1. The van der Waals surface area contributed by atoms with Gasteiger partial charge in [0.05, 0.1) is 31.3 Å². The Bertz CT molecular complexity index is 1260. The highest BCUT2D eigenvalue weighted by molar-refractivity contribution is 6.04. The predicted molar refractivity (Wildman–Crippen MR) is 129 cm³/mol. The number of aromatic nitrogens is 3. The number of ether oxygens (including phenoxy) is 3. The summed E-state index contributed by atoms with van der Waals surface area (Å²) in [7, 11) is 3.02. The fourth-order valence-corrected chi connectivity index (χ4v) is 3.84. The SMILES string of the molecule is COc1c(OC[C@@H](O)CN2CCOCC2)ccc2c(=O)n(C)c(NC(=O)c3cnc(N)nc3)cc12. The highest BCUT2D eigenvalue weighted by Gasteiger charge is 2.19. The number of nitrogens with zero attached hydrogens (tertiary/aromatic N) is 4. The van der Waals surface area contributed by atoms with Gasteiger partial charge < -0.3 is 30.4 Å². The number of fused-ring (bicyclic) bond motifs is 1. The number of nitrogens with two attached hydrogens (primary N) is 1. The van der Waals surface area contributed by atoms with Crippen LogP contribution in [0.15, 0.2) is 35.4 Å². The number of amides is 1. The van der Waals surface area contributed by atoms with E-state index in [0.717, 1.165) is 13.1 Å². The van der Waals surface area contributed by atoms with Crippen molar-refractivity contribution >= 4 is 28.4 Å². The van der Waals surface area contributed by atoms with Gasteiger partial charge in [0.25, 0.3) is 11.5 Å². The van der Waals surface area contributed by atoms with Crippen LogP contribution in [-0.2, 0) is 11.8 Å². The number of hydrogen-bond donors (Lipinski definition) is 3. The lowest BCUT2D eigenvalue weighted by Gasteiger charge is -2.28. The van der Waals surface area contributed by atoms with E-state index in [2.05, 4.69) is 20.2 Å². The van der Waals surface area contributed by atoms with Crippen LogP contribution >= 0.6 is 0 Å². The van der Waals surface area contributed by atoms with Gasteiger partial charge in [-0.25, -0.2) is 9.97 Å². The summed E-state index contributed by atoms with van der Waals surface area (Å²) in [5.74, 6) is 0.486. The van der Waals surface area contributed by atoms with Crippen molar-refractivity contribution in [1.82, 2.24) is 19.4 Å². The van der Waals surface area contributed by atoms with Crippen molar-refractivity contribution in [2.24, 2.45) is 7.05 Å². The molecule has 35 heavy (non-hydrogen) atoms. The zero-order chi connectivity index (χ0) is 24.9. The topological polar surface area (TPSA) is 154 Å². The van der Waals surface area contributed by atoms with Gasteiger partial charge in [-0.2, -0.15) is 0 Å². The molecule has 4 N–H and O–H groups in total. The van der Waals surface area contributed by atoms with Crippen LogP contribution in [0.1, 0.15) is 10.4 Å². The largest absolute Gasteiger partial charge is 0.492 e. The lowest BCUT2D eigenvalue weighted by Crippen LogP contribution is -2.42. The van der Waals surface area contributed by atoms with Gasteiger partial charge in [-0.15, -0.1) is 0 Å². The number of methoxy groups -OCH3 is 1. The van der Waals surface area contributed by atoms with E-state index in [9.17, 15) is 14.7 Å². The van der Waals surface area contributed by atoms with Crippen LogP contribution in [0, 0.1) is 0 Å². The van der Waals surface area contributed by atoms with Gasteiger partial charge in [0.2, 0.25) is 5.95 Å². The average Bonchev–Trinajstić information content (AvgIpc) is 2.86. The maximum Gasteiger partial charge on any atom is 0.259 e. The summed E-state index contributed by atoms with van der Waals surface area (Å²) in [5, 5.41) is 14.0. The molecule has 186 valence electrons. The molecule has 0 bridgehead atoms.